The van der Waals surface area contributed by atoms with E-state index in [1.54, 1.807) is 0 Å². The third-order valence-corrected chi connectivity index (χ3v) is 4.01. The Morgan fingerprint density at radius 2 is 2.26 bits per heavy atom. The standard InChI is InChI=1S/C16H27N3/c1-4-15(17-5-2)16-9-8-14(11-18-16)19-10-6-7-13(3)12-19/h8-9,11,13,15,17H,4-7,10,12H2,1-3H3. The maximum Gasteiger partial charge on any atom is 0.0574 e. The first kappa shape index (κ1) is 14.3. The highest BCUT2D eigenvalue weighted by molar-refractivity contribution is 5.45. The molecule has 3 nitrogen and oxygen atoms in total. The summed E-state index contributed by atoms with van der Waals surface area (Å²) in [5.41, 5.74) is 2.44. The van der Waals surface area contributed by atoms with Crippen molar-refractivity contribution < 1.29 is 0 Å². The lowest BCUT2D eigenvalue weighted by molar-refractivity contribution is 0.446. The molecule has 2 rings (SSSR count). The molecule has 0 radical (unpaired) electrons. The number of pyridine rings is 1. The van der Waals surface area contributed by atoms with Gasteiger partial charge >= 0.3 is 0 Å². The van der Waals surface area contributed by atoms with E-state index in [2.05, 4.69) is 48.1 Å². The zero-order chi connectivity index (χ0) is 13.7. The van der Waals surface area contributed by atoms with Crippen molar-refractivity contribution in [3.8, 4) is 0 Å². The monoisotopic (exact) mass is 261 g/mol. The lowest BCUT2D eigenvalue weighted by Crippen LogP contribution is -2.34. The summed E-state index contributed by atoms with van der Waals surface area (Å²) < 4.78 is 0. The van der Waals surface area contributed by atoms with E-state index >= 15 is 0 Å². The molecule has 3 heteroatoms. The molecule has 0 spiro atoms. The maximum atomic E-state index is 4.66. The van der Waals surface area contributed by atoms with Crippen LogP contribution >= 0.6 is 0 Å². The molecule has 1 aromatic heterocycles. The van der Waals surface area contributed by atoms with Crippen molar-refractivity contribution in [1.29, 1.82) is 0 Å². The predicted octanol–water partition coefficient (Wildman–Crippen LogP) is 3.38. The number of nitrogens with zero attached hydrogens (tertiary/aromatic N) is 2. The Morgan fingerprint density at radius 3 is 2.84 bits per heavy atom. The van der Waals surface area contributed by atoms with Crippen molar-refractivity contribution >= 4 is 5.69 Å². The Hall–Kier alpha value is -1.09. The van der Waals surface area contributed by atoms with Crippen LogP contribution in [0.1, 0.15) is 51.8 Å². The van der Waals surface area contributed by atoms with Crippen LogP contribution in [0.15, 0.2) is 18.3 Å². The van der Waals surface area contributed by atoms with Crippen LogP contribution in [-0.2, 0) is 0 Å². The molecule has 2 unspecified atom stereocenters. The number of rotatable bonds is 5. The second kappa shape index (κ2) is 6.90. The molecule has 1 fully saturated rings. The zero-order valence-corrected chi connectivity index (χ0v) is 12.5. The molecule has 0 saturated carbocycles. The van der Waals surface area contributed by atoms with E-state index < -0.39 is 0 Å². The molecular formula is C16H27N3. The minimum absolute atomic E-state index is 0.388. The number of hydrogen-bond donors (Lipinski definition) is 1. The Bertz CT molecular complexity index is 374. The van der Waals surface area contributed by atoms with Gasteiger partial charge in [0.2, 0.25) is 0 Å². The highest BCUT2D eigenvalue weighted by atomic mass is 15.1. The van der Waals surface area contributed by atoms with Crippen LogP contribution in [0.2, 0.25) is 0 Å². The van der Waals surface area contributed by atoms with Gasteiger partial charge in [-0.2, -0.15) is 0 Å². The number of anilines is 1. The van der Waals surface area contributed by atoms with Gasteiger partial charge in [0.05, 0.1) is 17.6 Å². The Morgan fingerprint density at radius 1 is 1.42 bits per heavy atom. The molecule has 0 aromatic carbocycles. The molecule has 2 heterocycles. The largest absolute Gasteiger partial charge is 0.370 e. The summed E-state index contributed by atoms with van der Waals surface area (Å²) in [6.45, 7) is 10.0. The van der Waals surface area contributed by atoms with Crippen LogP contribution in [0.25, 0.3) is 0 Å². The summed E-state index contributed by atoms with van der Waals surface area (Å²) in [6.07, 6.45) is 5.80. The minimum Gasteiger partial charge on any atom is -0.370 e. The van der Waals surface area contributed by atoms with Gasteiger partial charge in [0.1, 0.15) is 0 Å². The number of aromatic nitrogens is 1. The molecular weight excluding hydrogens is 234 g/mol. The van der Waals surface area contributed by atoms with Gasteiger partial charge in [-0.05, 0) is 43.9 Å². The van der Waals surface area contributed by atoms with Crippen molar-refractivity contribution in [2.24, 2.45) is 5.92 Å². The summed E-state index contributed by atoms with van der Waals surface area (Å²) in [4.78, 5) is 7.14. The molecule has 1 aliphatic rings. The van der Waals surface area contributed by atoms with E-state index in [0.29, 0.717) is 6.04 Å². The van der Waals surface area contributed by atoms with E-state index in [1.165, 1.54) is 31.6 Å². The van der Waals surface area contributed by atoms with Crippen molar-refractivity contribution in [2.75, 3.05) is 24.5 Å². The quantitative estimate of drug-likeness (QED) is 0.880. The van der Waals surface area contributed by atoms with Crippen molar-refractivity contribution in [3.63, 3.8) is 0 Å². The van der Waals surface area contributed by atoms with Gasteiger partial charge in [-0.15, -0.1) is 0 Å². The van der Waals surface area contributed by atoms with Gasteiger partial charge in [-0.1, -0.05) is 20.8 Å². The van der Waals surface area contributed by atoms with E-state index in [9.17, 15) is 0 Å². The molecule has 1 N–H and O–H groups in total. The lowest BCUT2D eigenvalue weighted by atomic mass is 10.00. The van der Waals surface area contributed by atoms with Crippen molar-refractivity contribution in [1.82, 2.24) is 10.3 Å². The van der Waals surface area contributed by atoms with Crippen molar-refractivity contribution in [2.45, 2.75) is 46.1 Å². The van der Waals surface area contributed by atoms with Gasteiger partial charge in [0.15, 0.2) is 0 Å². The predicted molar refractivity (Wildman–Crippen MR) is 81.6 cm³/mol. The number of piperidine rings is 1. The number of hydrogen-bond acceptors (Lipinski definition) is 3. The third kappa shape index (κ3) is 3.69. The second-order valence-corrected chi connectivity index (χ2v) is 5.65. The molecule has 0 amide bonds. The average Bonchev–Trinajstić information content (AvgIpc) is 2.45. The first-order valence-corrected chi connectivity index (χ1v) is 7.68. The Kier molecular flexibility index (Phi) is 5.20. The molecule has 1 aliphatic heterocycles. The van der Waals surface area contributed by atoms with E-state index in [-0.39, 0.29) is 0 Å². The summed E-state index contributed by atoms with van der Waals surface area (Å²) in [6, 6.07) is 4.81. The van der Waals surface area contributed by atoms with Gasteiger partial charge in [0.25, 0.3) is 0 Å². The van der Waals surface area contributed by atoms with E-state index in [0.717, 1.165) is 24.6 Å². The van der Waals surface area contributed by atoms with Crippen LogP contribution in [0.3, 0.4) is 0 Å². The second-order valence-electron chi connectivity index (χ2n) is 5.65. The van der Waals surface area contributed by atoms with E-state index in [1.807, 2.05) is 6.20 Å². The summed E-state index contributed by atoms with van der Waals surface area (Å²) in [5, 5.41) is 3.48. The van der Waals surface area contributed by atoms with Gasteiger partial charge in [-0.3, -0.25) is 4.98 Å². The van der Waals surface area contributed by atoms with Crippen LogP contribution < -0.4 is 10.2 Å². The van der Waals surface area contributed by atoms with Crippen molar-refractivity contribution in [3.05, 3.63) is 24.0 Å². The highest BCUT2D eigenvalue weighted by Gasteiger charge is 2.17. The maximum absolute atomic E-state index is 4.66. The molecule has 106 valence electrons. The molecule has 1 saturated heterocycles. The zero-order valence-electron chi connectivity index (χ0n) is 12.5. The summed E-state index contributed by atoms with van der Waals surface area (Å²) in [5.74, 6) is 0.804. The SMILES string of the molecule is CCNC(CC)c1ccc(N2CCCC(C)C2)cn1. The number of nitrogens with one attached hydrogen (secondary N) is 1. The topological polar surface area (TPSA) is 28.2 Å². The highest BCUT2D eigenvalue weighted by Crippen LogP contribution is 2.23. The molecule has 0 aliphatic carbocycles. The lowest BCUT2D eigenvalue weighted by Gasteiger charge is -2.32. The van der Waals surface area contributed by atoms with E-state index in [4.69, 9.17) is 0 Å². The molecule has 1 aromatic rings. The van der Waals surface area contributed by atoms with Crippen LogP contribution in [-0.4, -0.2) is 24.6 Å². The first-order chi connectivity index (χ1) is 9.24. The molecule has 19 heavy (non-hydrogen) atoms. The van der Waals surface area contributed by atoms with Gasteiger partial charge < -0.3 is 10.2 Å². The van der Waals surface area contributed by atoms with Crippen LogP contribution in [0, 0.1) is 5.92 Å². The fourth-order valence-electron chi connectivity index (χ4n) is 2.92. The normalized spacial score (nSPS) is 21.4. The fraction of sp³-hybridized carbons (Fsp3) is 0.688. The van der Waals surface area contributed by atoms with Gasteiger partial charge in [-0.25, -0.2) is 0 Å². The smallest absolute Gasteiger partial charge is 0.0574 e. The van der Waals surface area contributed by atoms with Gasteiger partial charge in [0, 0.05) is 19.1 Å². The first-order valence-electron chi connectivity index (χ1n) is 7.68. The average molecular weight is 261 g/mol. The summed E-state index contributed by atoms with van der Waals surface area (Å²) in [7, 11) is 0. The Labute approximate surface area is 117 Å². The van der Waals surface area contributed by atoms with Crippen LogP contribution in [0.4, 0.5) is 5.69 Å². The third-order valence-electron chi connectivity index (χ3n) is 4.01. The summed E-state index contributed by atoms with van der Waals surface area (Å²) >= 11 is 0. The minimum atomic E-state index is 0.388. The fourth-order valence-corrected chi connectivity index (χ4v) is 2.92. The Balaban J connectivity index is 2.04. The van der Waals surface area contributed by atoms with Crippen LogP contribution in [0.5, 0.6) is 0 Å². The molecule has 2 atom stereocenters. The molecule has 0 bridgehead atoms.